The van der Waals surface area contributed by atoms with Gasteiger partial charge in [0.05, 0.1) is 17.3 Å². The highest BCUT2D eigenvalue weighted by Gasteiger charge is 2.36. The highest BCUT2D eigenvalue weighted by Crippen LogP contribution is 2.35. The first-order valence-electron chi connectivity index (χ1n) is 6.93. The average molecular weight is 333 g/mol. The SMILES string of the molecule is CC1C=NC=CC1(N)c1nc(-c2cc(Cl)ccc2F)ncc1O. The maximum Gasteiger partial charge on any atom is 0.162 e. The third-order valence-corrected chi connectivity index (χ3v) is 4.08. The van der Waals surface area contributed by atoms with E-state index in [1.807, 2.05) is 6.92 Å². The number of aromatic hydroxyl groups is 1. The molecular formula is C16H14ClFN4O. The number of aromatic nitrogens is 2. The number of hydrogen-bond donors (Lipinski definition) is 2. The first kappa shape index (κ1) is 15.6. The summed E-state index contributed by atoms with van der Waals surface area (Å²) in [5.41, 5.74) is 5.68. The molecule has 1 aromatic heterocycles. The second-order valence-corrected chi connectivity index (χ2v) is 5.82. The summed E-state index contributed by atoms with van der Waals surface area (Å²) in [7, 11) is 0. The molecule has 5 nitrogen and oxygen atoms in total. The highest BCUT2D eigenvalue weighted by atomic mass is 35.5. The molecule has 0 amide bonds. The van der Waals surface area contributed by atoms with Crippen molar-refractivity contribution in [1.29, 1.82) is 0 Å². The number of rotatable bonds is 2. The first-order chi connectivity index (χ1) is 10.9. The van der Waals surface area contributed by atoms with E-state index in [0.717, 1.165) is 0 Å². The summed E-state index contributed by atoms with van der Waals surface area (Å²) in [4.78, 5) is 12.3. The normalized spacial score (nSPS) is 23.2. The number of aliphatic imine (C=N–C) groups is 1. The van der Waals surface area contributed by atoms with Crippen LogP contribution >= 0.6 is 11.6 Å². The first-order valence-corrected chi connectivity index (χ1v) is 7.31. The Morgan fingerprint density at radius 2 is 2.17 bits per heavy atom. The van der Waals surface area contributed by atoms with Crippen LogP contribution in [-0.4, -0.2) is 21.3 Å². The Morgan fingerprint density at radius 3 is 2.91 bits per heavy atom. The van der Waals surface area contributed by atoms with E-state index < -0.39 is 11.4 Å². The van der Waals surface area contributed by atoms with Gasteiger partial charge in [-0.3, -0.25) is 4.99 Å². The van der Waals surface area contributed by atoms with E-state index in [-0.39, 0.29) is 28.7 Å². The molecule has 3 N–H and O–H groups in total. The summed E-state index contributed by atoms with van der Waals surface area (Å²) >= 11 is 5.91. The standard InChI is InChI=1S/C16H14ClFN4O/c1-9-7-20-5-4-16(9,19)14-13(23)8-21-15(22-14)11-6-10(17)2-3-12(11)18/h2-9,23H,19H2,1H3. The minimum atomic E-state index is -1.06. The van der Waals surface area contributed by atoms with E-state index in [1.165, 1.54) is 24.4 Å². The van der Waals surface area contributed by atoms with Gasteiger partial charge in [0.25, 0.3) is 0 Å². The smallest absolute Gasteiger partial charge is 0.162 e. The maximum absolute atomic E-state index is 14.0. The fourth-order valence-corrected chi connectivity index (χ4v) is 2.58. The summed E-state index contributed by atoms with van der Waals surface area (Å²) in [6.07, 6.45) is 6.07. The molecule has 0 saturated carbocycles. The van der Waals surface area contributed by atoms with Crippen molar-refractivity contribution in [3.8, 4) is 17.1 Å². The van der Waals surface area contributed by atoms with Gasteiger partial charge in [0.15, 0.2) is 11.6 Å². The Hall–Kier alpha value is -2.31. The van der Waals surface area contributed by atoms with Gasteiger partial charge in [-0.25, -0.2) is 14.4 Å². The van der Waals surface area contributed by atoms with Crippen LogP contribution in [0.4, 0.5) is 4.39 Å². The van der Waals surface area contributed by atoms with E-state index in [1.54, 1.807) is 18.5 Å². The second kappa shape index (κ2) is 5.72. The van der Waals surface area contributed by atoms with Crippen molar-refractivity contribution >= 4 is 17.8 Å². The second-order valence-electron chi connectivity index (χ2n) is 5.39. The molecule has 0 spiro atoms. The largest absolute Gasteiger partial charge is 0.504 e. The van der Waals surface area contributed by atoms with Gasteiger partial charge in [0, 0.05) is 23.4 Å². The molecular weight excluding hydrogens is 319 g/mol. The molecule has 23 heavy (non-hydrogen) atoms. The molecule has 3 rings (SSSR count). The van der Waals surface area contributed by atoms with Gasteiger partial charge in [0.2, 0.25) is 0 Å². The van der Waals surface area contributed by atoms with Gasteiger partial charge in [-0.1, -0.05) is 18.5 Å². The zero-order valence-electron chi connectivity index (χ0n) is 12.2. The van der Waals surface area contributed by atoms with Crippen LogP contribution in [0, 0.1) is 11.7 Å². The summed E-state index contributed by atoms with van der Waals surface area (Å²) in [5.74, 6) is -0.771. The summed E-state index contributed by atoms with van der Waals surface area (Å²) < 4.78 is 14.0. The molecule has 118 valence electrons. The van der Waals surface area contributed by atoms with Crippen molar-refractivity contribution in [2.45, 2.75) is 12.5 Å². The van der Waals surface area contributed by atoms with Crippen LogP contribution in [0.2, 0.25) is 5.02 Å². The van der Waals surface area contributed by atoms with E-state index in [2.05, 4.69) is 15.0 Å². The average Bonchev–Trinajstić information content (AvgIpc) is 2.53. The van der Waals surface area contributed by atoms with Gasteiger partial charge < -0.3 is 10.8 Å². The van der Waals surface area contributed by atoms with Crippen molar-refractivity contribution in [3.05, 3.63) is 53.2 Å². The third-order valence-electron chi connectivity index (χ3n) is 3.85. The lowest BCUT2D eigenvalue weighted by Gasteiger charge is -2.31. The molecule has 2 atom stereocenters. The summed E-state index contributed by atoms with van der Waals surface area (Å²) in [6.45, 7) is 1.86. The highest BCUT2D eigenvalue weighted by molar-refractivity contribution is 6.30. The van der Waals surface area contributed by atoms with Crippen molar-refractivity contribution in [2.75, 3.05) is 0 Å². The molecule has 0 aliphatic carbocycles. The monoisotopic (exact) mass is 332 g/mol. The van der Waals surface area contributed by atoms with E-state index in [0.29, 0.717) is 5.02 Å². The van der Waals surface area contributed by atoms with Crippen molar-refractivity contribution in [2.24, 2.45) is 16.6 Å². The Balaban J connectivity index is 2.15. The summed E-state index contributed by atoms with van der Waals surface area (Å²) in [6, 6.07) is 4.11. The van der Waals surface area contributed by atoms with Crippen LogP contribution in [-0.2, 0) is 5.54 Å². The van der Waals surface area contributed by atoms with Crippen molar-refractivity contribution in [1.82, 2.24) is 9.97 Å². The van der Waals surface area contributed by atoms with Crippen LogP contribution in [0.25, 0.3) is 11.4 Å². The number of benzene rings is 1. The van der Waals surface area contributed by atoms with Crippen molar-refractivity contribution < 1.29 is 9.50 Å². The van der Waals surface area contributed by atoms with Gasteiger partial charge in [-0.15, -0.1) is 0 Å². The van der Waals surface area contributed by atoms with E-state index in [4.69, 9.17) is 17.3 Å². The molecule has 1 aliphatic heterocycles. The Labute approximate surface area is 137 Å². The fraction of sp³-hybridized carbons (Fsp3) is 0.188. The fourth-order valence-electron chi connectivity index (χ4n) is 2.41. The lowest BCUT2D eigenvalue weighted by atomic mass is 9.82. The quantitative estimate of drug-likeness (QED) is 0.885. The molecule has 0 fully saturated rings. The zero-order chi connectivity index (χ0) is 16.6. The zero-order valence-corrected chi connectivity index (χ0v) is 13.0. The van der Waals surface area contributed by atoms with Gasteiger partial charge in [-0.05, 0) is 24.3 Å². The number of hydrogen-bond acceptors (Lipinski definition) is 5. The maximum atomic E-state index is 14.0. The van der Waals surface area contributed by atoms with E-state index >= 15 is 0 Å². The molecule has 1 aliphatic rings. The number of halogens is 2. The lowest BCUT2D eigenvalue weighted by molar-refractivity contribution is 0.398. The Bertz CT molecular complexity index is 824. The lowest BCUT2D eigenvalue weighted by Crippen LogP contribution is -2.44. The molecule has 0 radical (unpaired) electrons. The van der Waals surface area contributed by atoms with Gasteiger partial charge in [0.1, 0.15) is 11.5 Å². The molecule has 0 bridgehead atoms. The molecule has 2 heterocycles. The van der Waals surface area contributed by atoms with Crippen LogP contribution in [0.1, 0.15) is 12.6 Å². The molecule has 2 unspecified atom stereocenters. The van der Waals surface area contributed by atoms with Crippen molar-refractivity contribution in [3.63, 3.8) is 0 Å². The minimum absolute atomic E-state index is 0.103. The minimum Gasteiger partial charge on any atom is -0.504 e. The summed E-state index contributed by atoms with van der Waals surface area (Å²) in [5, 5.41) is 10.5. The molecule has 0 saturated heterocycles. The van der Waals surface area contributed by atoms with Crippen LogP contribution in [0.5, 0.6) is 5.75 Å². The Morgan fingerprint density at radius 1 is 1.39 bits per heavy atom. The van der Waals surface area contributed by atoms with Crippen LogP contribution in [0.15, 0.2) is 41.7 Å². The third kappa shape index (κ3) is 2.71. The predicted molar refractivity (Wildman–Crippen MR) is 86.8 cm³/mol. The van der Waals surface area contributed by atoms with Gasteiger partial charge in [-0.2, -0.15) is 0 Å². The van der Waals surface area contributed by atoms with E-state index in [9.17, 15) is 9.50 Å². The van der Waals surface area contributed by atoms with Crippen LogP contribution in [0.3, 0.4) is 0 Å². The Kier molecular flexibility index (Phi) is 3.87. The topological polar surface area (TPSA) is 84.4 Å². The molecule has 1 aromatic carbocycles. The number of nitrogens with two attached hydrogens (primary N) is 1. The predicted octanol–water partition coefficient (Wildman–Crippen LogP) is 3.03. The molecule has 2 aromatic rings. The number of nitrogens with zero attached hydrogens (tertiary/aromatic N) is 3. The van der Waals surface area contributed by atoms with Crippen LogP contribution < -0.4 is 5.73 Å². The van der Waals surface area contributed by atoms with Gasteiger partial charge >= 0.3 is 0 Å². The molecule has 7 heteroatoms.